The number of carbonyl (C=O) groups is 1. The highest BCUT2D eigenvalue weighted by atomic mass is 16.1. The van der Waals surface area contributed by atoms with Crippen molar-refractivity contribution in [3.63, 3.8) is 0 Å². The molecule has 1 N–H and O–H groups in total. The summed E-state index contributed by atoms with van der Waals surface area (Å²) in [5.41, 5.74) is 6.86. The molecule has 0 saturated carbocycles. The lowest BCUT2D eigenvalue weighted by Gasteiger charge is -2.24. The van der Waals surface area contributed by atoms with Gasteiger partial charge in [0.05, 0.1) is 0 Å². The molecule has 1 aliphatic heterocycles. The zero-order valence-corrected chi connectivity index (χ0v) is 15.7. The summed E-state index contributed by atoms with van der Waals surface area (Å²) in [6.45, 7) is 4.00. The van der Waals surface area contributed by atoms with E-state index in [1.54, 1.807) is 0 Å². The molecule has 4 rings (SSSR count). The second-order valence-electron chi connectivity index (χ2n) is 7.20. The number of benzene rings is 1. The van der Waals surface area contributed by atoms with Crippen LogP contribution in [0.25, 0.3) is 11.1 Å². The van der Waals surface area contributed by atoms with E-state index in [1.165, 1.54) is 0 Å². The Bertz CT molecular complexity index is 968. The molecule has 4 heteroatoms. The molecular formula is C23H23N3O. The van der Waals surface area contributed by atoms with Gasteiger partial charge in [-0.1, -0.05) is 24.3 Å². The van der Waals surface area contributed by atoms with Crippen molar-refractivity contribution < 1.29 is 4.79 Å². The first kappa shape index (κ1) is 17.4. The largest absolute Gasteiger partial charge is 0.326 e. The van der Waals surface area contributed by atoms with Gasteiger partial charge in [-0.3, -0.25) is 14.8 Å². The molecule has 2 heterocycles. The van der Waals surface area contributed by atoms with E-state index in [1.807, 2.05) is 56.5 Å². The molecule has 1 atom stereocenters. The third kappa shape index (κ3) is 3.75. The van der Waals surface area contributed by atoms with Crippen molar-refractivity contribution in [3.05, 3.63) is 77.4 Å². The second kappa shape index (κ2) is 7.31. The summed E-state index contributed by atoms with van der Waals surface area (Å²) in [6, 6.07) is 11.8. The molecule has 1 aliphatic carbocycles. The van der Waals surface area contributed by atoms with Crippen molar-refractivity contribution in [2.24, 2.45) is 10.9 Å². The van der Waals surface area contributed by atoms with Crippen LogP contribution in [0, 0.1) is 19.8 Å². The molecule has 2 aliphatic rings. The number of hydrogen-bond donors (Lipinski definition) is 1. The van der Waals surface area contributed by atoms with Crippen LogP contribution in [-0.4, -0.2) is 16.6 Å². The van der Waals surface area contributed by atoms with E-state index in [0.29, 0.717) is 11.5 Å². The summed E-state index contributed by atoms with van der Waals surface area (Å²) in [5.74, 6) is 0.429. The SMILES string of the molecule is Cc1ccc(-c2ccc(C(=O)NC3=CC4=NC=CCC4CC3)cc2)c(C)n1. The van der Waals surface area contributed by atoms with E-state index in [4.69, 9.17) is 0 Å². The van der Waals surface area contributed by atoms with Gasteiger partial charge in [0.15, 0.2) is 0 Å². The van der Waals surface area contributed by atoms with Crippen LogP contribution in [0.5, 0.6) is 0 Å². The third-order valence-electron chi connectivity index (χ3n) is 5.21. The van der Waals surface area contributed by atoms with Crippen LogP contribution in [0.1, 0.15) is 41.0 Å². The van der Waals surface area contributed by atoms with E-state index in [9.17, 15) is 4.79 Å². The van der Waals surface area contributed by atoms with E-state index >= 15 is 0 Å². The van der Waals surface area contributed by atoms with Gasteiger partial charge in [0, 0.05) is 46.0 Å². The lowest BCUT2D eigenvalue weighted by Crippen LogP contribution is -2.28. The smallest absolute Gasteiger partial charge is 0.255 e. The maximum atomic E-state index is 12.6. The minimum Gasteiger partial charge on any atom is -0.326 e. The summed E-state index contributed by atoms with van der Waals surface area (Å²) in [5, 5.41) is 3.05. The van der Waals surface area contributed by atoms with Gasteiger partial charge in [-0.25, -0.2) is 0 Å². The molecule has 1 aromatic heterocycles. The summed E-state index contributed by atoms with van der Waals surface area (Å²) in [4.78, 5) is 21.6. The number of aliphatic imine (C=N–C) groups is 1. The fraction of sp³-hybridized carbons (Fsp3) is 0.261. The summed E-state index contributed by atoms with van der Waals surface area (Å²) in [6.07, 6.45) is 8.96. The van der Waals surface area contributed by atoms with E-state index < -0.39 is 0 Å². The Kier molecular flexibility index (Phi) is 4.71. The van der Waals surface area contributed by atoms with E-state index in [-0.39, 0.29) is 5.91 Å². The van der Waals surface area contributed by atoms with Crippen LogP contribution in [0.15, 0.2) is 65.4 Å². The highest BCUT2D eigenvalue weighted by Crippen LogP contribution is 2.27. The highest BCUT2D eigenvalue weighted by molar-refractivity contribution is 6.01. The summed E-state index contributed by atoms with van der Waals surface area (Å²) in [7, 11) is 0. The van der Waals surface area contributed by atoms with Gasteiger partial charge in [0.2, 0.25) is 0 Å². The Labute approximate surface area is 159 Å². The lowest BCUT2D eigenvalue weighted by atomic mass is 9.87. The molecule has 27 heavy (non-hydrogen) atoms. The Morgan fingerprint density at radius 2 is 1.93 bits per heavy atom. The molecule has 0 saturated heterocycles. The van der Waals surface area contributed by atoms with Crippen molar-refractivity contribution in [1.82, 2.24) is 10.3 Å². The highest BCUT2D eigenvalue weighted by Gasteiger charge is 2.22. The van der Waals surface area contributed by atoms with Crippen LogP contribution in [-0.2, 0) is 0 Å². The maximum Gasteiger partial charge on any atom is 0.255 e. The topological polar surface area (TPSA) is 54.4 Å². The molecule has 2 aromatic rings. The van der Waals surface area contributed by atoms with Crippen LogP contribution in [0.2, 0.25) is 0 Å². The number of carbonyl (C=O) groups excluding carboxylic acids is 1. The number of aryl methyl sites for hydroxylation is 2. The number of pyridine rings is 1. The van der Waals surface area contributed by atoms with Gasteiger partial charge < -0.3 is 5.32 Å². The normalized spacial score (nSPS) is 18.4. The van der Waals surface area contributed by atoms with Crippen LogP contribution in [0.3, 0.4) is 0 Å². The zero-order valence-electron chi connectivity index (χ0n) is 15.7. The van der Waals surface area contributed by atoms with Gasteiger partial charge in [-0.05, 0) is 62.9 Å². The number of hydrogen-bond acceptors (Lipinski definition) is 3. The molecule has 0 fully saturated rings. The number of rotatable bonds is 3. The summed E-state index contributed by atoms with van der Waals surface area (Å²) >= 11 is 0. The van der Waals surface area contributed by atoms with Crippen LogP contribution >= 0.6 is 0 Å². The Morgan fingerprint density at radius 3 is 2.70 bits per heavy atom. The molecule has 1 unspecified atom stereocenters. The molecule has 0 radical (unpaired) electrons. The number of aromatic nitrogens is 1. The van der Waals surface area contributed by atoms with Crippen molar-refractivity contribution in [2.45, 2.75) is 33.1 Å². The number of fused-ring (bicyclic) bond motifs is 1. The molecule has 0 spiro atoms. The van der Waals surface area contributed by atoms with Crippen molar-refractivity contribution >= 4 is 11.6 Å². The molecular weight excluding hydrogens is 334 g/mol. The second-order valence-corrected chi connectivity index (χ2v) is 7.20. The average molecular weight is 357 g/mol. The molecule has 4 nitrogen and oxygen atoms in total. The Morgan fingerprint density at radius 1 is 1.11 bits per heavy atom. The monoisotopic (exact) mass is 357 g/mol. The Balaban J connectivity index is 1.49. The lowest BCUT2D eigenvalue weighted by molar-refractivity contribution is 0.0964. The third-order valence-corrected chi connectivity index (χ3v) is 5.21. The zero-order chi connectivity index (χ0) is 18.8. The number of amides is 1. The first-order valence-corrected chi connectivity index (χ1v) is 9.39. The van der Waals surface area contributed by atoms with Gasteiger partial charge in [-0.15, -0.1) is 0 Å². The number of nitrogens with zero attached hydrogens (tertiary/aromatic N) is 2. The van der Waals surface area contributed by atoms with Crippen LogP contribution in [0.4, 0.5) is 0 Å². The standard InChI is InChI=1S/C23H23N3O/c1-15-5-12-21(16(2)25-15)17-6-8-19(9-7-17)23(27)26-20-11-10-18-4-3-13-24-22(18)14-20/h3,5-9,12-14,18H,4,10-11H2,1-2H3,(H,26,27). The van der Waals surface area contributed by atoms with Crippen molar-refractivity contribution in [1.29, 1.82) is 0 Å². The van der Waals surface area contributed by atoms with Gasteiger partial charge in [-0.2, -0.15) is 0 Å². The van der Waals surface area contributed by atoms with Gasteiger partial charge in [0.1, 0.15) is 0 Å². The molecule has 136 valence electrons. The van der Waals surface area contributed by atoms with Crippen molar-refractivity contribution in [3.8, 4) is 11.1 Å². The minimum absolute atomic E-state index is 0.0723. The van der Waals surface area contributed by atoms with E-state index in [2.05, 4.69) is 27.4 Å². The van der Waals surface area contributed by atoms with Crippen molar-refractivity contribution in [2.75, 3.05) is 0 Å². The predicted molar refractivity (Wildman–Crippen MR) is 109 cm³/mol. The average Bonchev–Trinajstić information content (AvgIpc) is 2.68. The number of nitrogens with one attached hydrogen (secondary N) is 1. The quantitative estimate of drug-likeness (QED) is 0.862. The van der Waals surface area contributed by atoms with Crippen LogP contribution < -0.4 is 5.32 Å². The molecule has 0 bridgehead atoms. The van der Waals surface area contributed by atoms with Gasteiger partial charge >= 0.3 is 0 Å². The molecule has 1 amide bonds. The minimum atomic E-state index is -0.0723. The van der Waals surface area contributed by atoms with Gasteiger partial charge in [0.25, 0.3) is 5.91 Å². The first-order valence-electron chi connectivity index (χ1n) is 9.39. The fourth-order valence-electron chi connectivity index (χ4n) is 3.70. The fourth-order valence-corrected chi connectivity index (χ4v) is 3.70. The predicted octanol–water partition coefficient (Wildman–Crippen LogP) is 4.75. The summed E-state index contributed by atoms with van der Waals surface area (Å²) < 4.78 is 0. The molecule has 1 aromatic carbocycles. The Hall–Kier alpha value is -3.01. The number of allylic oxidation sites excluding steroid dienone is 3. The van der Waals surface area contributed by atoms with E-state index in [0.717, 1.165) is 53.2 Å². The first-order chi connectivity index (χ1) is 13.1. The maximum absolute atomic E-state index is 12.6.